The average Bonchev–Trinajstić information content (AvgIpc) is 2.53. The summed E-state index contributed by atoms with van der Waals surface area (Å²) in [5.74, 6) is 0. The van der Waals surface area contributed by atoms with Crippen LogP contribution in [-0.2, 0) is 20.5 Å². The Kier molecular flexibility index (Phi) is 6.26. The molecule has 4 nitrogen and oxygen atoms in total. The molecule has 24 heavy (non-hydrogen) atoms. The zero-order valence-electron chi connectivity index (χ0n) is 15.4. The van der Waals surface area contributed by atoms with Gasteiger partial charge >= 0.3 is 0 Å². The van der Waals surface area contributed by atoms with E-state index in [1.165, 1.54) is 0 Å². The molecule has 0 fully saturated rings. The topological polar surface area (TPSA) is 47.9 Å². The maximum Gasteiger partial charge on any atom is 0.193 e. The predicted octanol–water partition coefficient (Wildman–Crippen LogP) is 3.87. The standard InChI is InChI=1S/C19H30O4Si/c1-19(2,3)24(4,5)23-16-11-12-21-17(13-20)18(16)22-14-15-9-7-6-8-10-15/h6-12,16-18,20H,13-14H2,1-5H3/t16-,17-,18+/m1/s1. The number of ether oxygens (including phenoxy) is 2. The second-order valence-electron chi connectivity index (χ2n) is 7.79. The van der Waals surface area contributed by atoms with Crippen molar-refractivity contribution in [2.75, 3.05) is 6.61 Å². The molecule has 3 atom stereocenters. The molecule has 2 rings (SSSR count). The molecule has 1 aromatic carbocycles. The summed E-state index contributed by atoms with van der Waals surface area (Å²) in [4.78, 5) is 0. The fraction of sp³-hybridized carbons (Fsp3) is 0.579. The van der Waals surface area contributed by atoms with Crippen molar-refractivity contribution in [1.29, 1.82) is 0 Å². The molecule has 1 heterocycles. The molecule has 1 aromatic rings. The minimum Gasteiger partial charge on any atom is -0.493 e. The lowest BCUT2D eigenvalue weighted by Crippen LogP contribution is -2.52. The lowest BCUT2D eigenvalue weighted by Gasteiger charge is -2.42. The fourth-order valence-electron chi connectivity index (χ4n) is 2.36. The zero-order valence-corrected chi connectivity index (χ0v) is 16.4. The molecule has 0 saturated heterocycles. The summed E-state index contributed by atoms with van der Waals surface area (Å²) in [6, 6.07) is 10.0. The van der Waals surface area contributed by atoms with Crippen molar-refractivity contribution in [3.8, 4) is 0 Å². The van der Waals surface area contributed by atoms with Gasteiger partial charge in [-0.25, -0.2) is 0 Å². The van der Waals surface area contributed by atoms with E-state index in [9.17, 15) is 5.11 Å². The van der Waals surface area contributed by atoms with Gasteiger partial charge in [-0.05, 0) is 29.8 Å². The molecule has 0 aliphatic carbocycles. The third-order valence-electron chi connectivity index (χ3n) is 4.91. The first-order valence-electron chi connectivity index (χ1n) is 8.51. The molecular weight excluding hydrogens is 320 g/mol. The normalized spacial score (nSPS) is 24.7. The lowest BCUT2D eigenvalue weighted by molar-refractivity contribution is -0.117. The molecule has 134 valence electrons. The SMILES string of the molecule is CC(C)(C)[Si](C)(C)O[C@@H]1C=CO[C@H](CO)[C@H]1OCc1ccccc1. The van der Waals surface area contributed by atoms with Crippen LogP contribution in [0, 0.1) is 0 Å². The molecule has 0 amide bonds. The first kappa shape index (κ1) is 19.2. The van der Waals surface area contributed by atoms with Gasteiger partial charge in [-0.1, -0.05) is 51.1 Å². The monoisotopic (exact) mass is 350 g/mol. The summed E-state index contributed by atoms with van der Waals surface area (Å²) in [6.07, 6.45) is 2.59. The van der Waals surface area contributed by atoms with Gasteiger partial charge in [-0.3, -0.25) is 0 Å². The van der Waals surface area contributed by atoms with Gasteiger partial charge in [0.1, 0.15) is 12.2 Å². The molecular formula is C19H30O4Si. The van der Waals surface area contributed by atoms with Crippen LogP contribution in [0.2, 0.25) is 18.1 Å². The van der Waals surface area contributed by atoms with Crippen molar-refractivity contribution in [3.05, 3.63) is 48.2 Å². The second-order valence-corrected chi connectivity index (χ2v) is 12.5. The first-order valence-corrected chi connectivity index (χ1v) is 11.4. The Hall–Kier alpha value is -1.14. The van der Waals surface area contributed by atoms with Crippen molar-refractivity contribution >= 4 is 8.32 Å². The van der Waals surface area contributed by atoms with Crippen molar-refractivity contribution < 1.29 is 19.0 Å². The Morgan fingerprint density at radius 2 is 1.83 bits per heavy atom. The van der Waals surface area contributed by atoms with Gasteiger partial charge in [0.25, 0.3) is 0 Å². The molecule has 0 saturated carbocycles. The highest BCUT2D eigenvalue weighted by Crippen LogP contribution is 2.38. The van der Waals surface area contributed by atoms with Gasteiger partial charge in [0.05, 0.1) is 25.6 Å². The zero-order chi connectivity index (χ0) is 17.8. The summed E-state index contributed by atoms with van der Waals surface area (Å²) < 4.78 is 18.2. The van der Waals surface area contributed by atoms with E-state index in [-0.39, 0.29) is 23.9 Å². The quantitative estimate of drug-likeness (QED) is 0.791. The second kappa shape index (κ2) is 7.83. The maximum absolute atomic E-state index is 9.65. The van der Waals surface area contributed by atoms with Crippen LogP contribution in [0.1, 0.15) is 26.3 Å². The molecule has 0 radical (unpaired) electrons. The van der Waals surface area contributed by atoms with Crippen LogP contribution in [0.4, 0.5) is 0 Å². The number of hydrogen-bond acceptors (Lipinski definition) is 4. The largest absolute Gasteiger partial charge is 0.493 e. The summed E-state index contributed by atoms with van der Waals surface area (Å²) in [7, 11) is -1.95. The molecule has 0 bridgehead atoms. The third-order valence-corrected chi connectivity index (χ3v) is 9.39. The van der Waals surface area contributed by atoms with Gasteiger partial charge in [-0.2, -0.15) is 0 Å². The Morgan fingerprint density at radius 3 is 2.42 bits per heavy atom. The number of hydrogen-bond donors (Lipinski definition) is 1. The predicted molar refractivity (Wildman–Crippen MR) is 98.2 cm³/mol. The van der Waals surface area contributed by atoms with Gasteiger partial charge in [0.15, 0.2) is 8.32 Å². The van der Waals surface area contributed by atoms with Crippen molar-refractivity contribution in [2.24, 2.45) is 0 Å². The van der Waals surface area contributed by atoms with E-state index >= 15 is 0 Å². The number of rotatable bonds is 6. The first-order chi connectivity index (χ1) is 11.2. The van der Waals surface area contributed by atoms with Crippen LogP contribution in [0.5, 0.6) is 0 Å². The van der Waals surface area contributed by atoms with Gasteiger partial charge in [0.2, 0.25) is 0 Å². The number of benzene rings is 1. The molecule has 1 N–H and O–H groups in total. The lowest BCUT2D eigenvalue weighted by atomic mass is 10.1. The van der Waals surface area contributed by atoms with Crippen LogP contribution >= 0.6 is 0 Å². The minimum absolute atomic E-state index is 0.0961. The molecule has 5 heteroatoms. The minimum atomic E-state index is -1.95. The van der Waals surface area contributed by atoms with Crippen LogP contribution in [0.3, 0.4) is 0 Å². The van der Waals surface area contributed by atoms with E-state index in [2.05, 4.69) is 33.9 Å². The Balaban J connectivity index is 2.11. The fourth-order valence-corrected chi connectivity index (χ4v) is 3.61. The van der Waals surface area contributed by atoms with Crippen LogP contribution < -0.4 is 0 Å². The third kappa shape index (κ3) is 4.69. The average molecular weight is 351 g/mol. The summed E-state index contributed by atoms with van der Waals surface area (Å²) in [5.41, 5.74) is 1.09. The molecule has 0 unspecified atom stereocenters. The Bertz CT molecular complexity index is 536. The van der Waals surface area contributed by atoms with Crippen LogP contribution in [0.15, 0.2) is 42.7 Å². The van der Waals surface area contributed by atoms with E-state index in [0.717, 1.165) is 5.56 Å². The molecule has 1 aliphatic heterocycles. The van der Waals surface area contributed by atoms with E-state index < -0.39 is 14.4 Å². The molecule has 0 spiro atoms. The number of aliphatic hydroxyl groups is 1. The van der Waals surface area contributed by atoms with E-state index in [4.69, 9.17) is 13.9 Å². The van der Waals surface area contributed by atoms with Gasteiger partial charge in [0, 0.05) is 0 Å². The van der Waals surface area contributed by atoms with Crippen LogP contribution in [0.25, 0.3) is 0 Å². The highest BCUT2D eigenvalue weighted by atomic mass is 28.4. The Morgan fingerprint density at radius 1 is 1.17 bits per heavy atom. The van der Waals surface area contributed by atoms with E-state index in [1.54, 1.807) is 6.26 Å². The smallest absolute Gasteiger partial charge is 0.193 e. The van der Waals surface area contributed by atoms with E-state index in [1.807, 2.05) is 36.4 Å². The summed E-state index contributed by atoms with van der Waals surface area (Å²) in [6.45, 7) is 11.5. The summed E-state index contributed by atoms with van der Waals surface area (Å²) in [5, 5.41) is 9.76. The summed E-state index contributed by atoms with van der Waals surface area (Å²) >= 11 is 0. The van der Waals surface area contributed by atoms with Crippen molar-refractivity contribution in [2.45, 2.75) is 63.8 Å². The van der Waals surface area contributed by atoms with E-state index in [0.29, 0.717) is 6.61 Å². The number of aliphatic hydroxyl groups excluding tert-OH is 1. The maximum atomic E-state index is 9.65. The van der Waals surface area contributed by atoms with Gasteiger partial charge in [-0.15, -0.1) is 0 Å². The van der Waals surface area contributed by atoms with Gasteiger partial charge < -0.3 is 19.0 Å². The van der Waals surface area contributed by atoms with Crippen molar-refractivity contribution in [1.82, 2.24) is 0 Å². The highest BCUT2D eigenvalue weighted by molar-refractivity contribution is 6.74. The van der Waals surface area contributed by atoms with Crippen LogP contribution in [-0.4, -0.2) is 38.3 Å². The Labute approximate surface area is 146 Å². The van der Waals surface area contributed by atoms with Crippen molar-refractivity contribution in [3.63, 3.8) is 0 Å². The molecule has 1 aliphatic rings. The molecule has 0 aromatic heterocycles. The highest BCUT2D eigenvalue weighted by Gasteiger charge is 2.43.